The van der Waals surface area contributed by atoms with Gasteiger partial charge in [-0.05, 0) is 104 Å². The van der Waals surface area contributed by atoms with Gasteiger partial charge in [0.1, 0.15) is 0 Å². The average molecular weight is 393 g/mol. The molecule has 28 heavy (non-hydrogen) atoms. The predicted molar refractivity (Wildman–Crippen MR) is 123 cm³/mol. The molecule has 0 aromatic rings. The summed E-state index contributed by atoms with van der Waals surface area (Å²) in [6, 6.07) is 0. The average Bonchev–Trinajstić information content (AvgIpc) is 2.64. The molecule has 0 bridgehead atoms. The van der Waals surface area contributed by atoms with Crippen molar-refractivity contribution in [1.29, 1.82) is 0 Å². The normalized spacial score (nSPS) is 36.6. The van der Waals surface area contributed by atoms with E-state index in [2.05, 4.69) is 48.5 Å². The van der Waals surface area contributed by atoms with Crippen molar-refractivity contribution in [2.75, 3.05) is 6.61 Å². The van der Waals surface area contributed by atoms with Crippen LogP contribution in [0.15, 0.2) is 0 Å². The lowest BCUT2D eigenvalue weighted by Crippen LogP contribution is -2.37. The van der Waals surface area contributed by atoms with E-state index in [1.807, 2.05) is 0 Å². The van der Waals surface area contributed by atoms with Crippen LogP contribution in [0.5, 0.6) is 0 Å². The van der Waals surface area contributed by atoms with Crippen molar-refractivity contribution in [2.45, 2.75) is 106 Å². The lowest BCUT2D eigenvalue weighted by Gasteiger charge is -2.45. The maximum absolute atomic E-state index is 9.57. The Labute approximate surface area is 177 Å². The van der Waals surface area contributed by atoms with Crippen molar-refractivity contribution in [3.8, 4) is 0 Å². The first-order chi connectivity index (χ1) is 13.2. The highest BCUT2D eigenvalue weighted by Crippen LogP contribution is 2.48. The molecule has 0 aliphatic heterocycles. The van der Waals surface area contributed by atoms with Crippen LogP contribution in [0.1, 0.15) is 106 Å². The summed E-state index contributed by atoms with van der Waals surface area (Å²) in [6.07, 6.45) is 12.3. The van der Waals surface area contributed by atoms with Gasteiger partial charge in [-0.1, -0.05) is 61.3 Å². The van der Waals surface area contributed by atoms with E-state index in [1.54, 1.807) is 0 Å². The Morgan fingerprint density at radius 1 is 0.714 bits per heavy atom. The molecule has 2 aliphatic rings. The van der Waals surface area contributed by atoms with Crippen LogP contribution in [0, 0.1) is 59.2 Å². The molecule has 1 N–H and O–H groups in total. The summed E-state index contributed by atoms with van der Waals surface area (Å²) in [6.45, 7) is 17.7. The second kappa shape index (κ2) is 11.4. The number of aliphatic hydroxyl groups is 1. The van der Waals surface area contributed by atoms with Gasteiger partial charge in [-0.25, -0.2) is 0 Å². The first-order valence-electron chi connectivity index (χ1n) is 12.8. The maximum atomic E-state index is 9.57. The summed E-state index contributed by atoms with van der Waals surface area (Å²) in [5.74, 6) is 8.73. The fourth-order valence-electron chi connectivity index (χ4n) is 7.26. The van der Waals surface area contributed by atoms with Crippen LogP contribution in [-0.2, 0) is 0 Å². The van der Waals surface area contributed by atoms with Gasteiger partial charge in [0.25, 0.3) is 0 Å². The summed E-state index contributed by atoms with van der Waals surface area (Å²) in [7, 11) is 0. The lowest BCUT2D eigenvalue weighted by atomic mass is 9.60. The maximum Gasteiger partial charge on any atom is 0.0431 e. The van der Waals surface area contributed by atoms with E-state index in [1.165, 1.54) is 51.4 Å². The Balaban J connectivity index is 2.14. The van der Waals surface area contributed by atoms with Gasteiger partial charge in [0, 0.05) is 6.61 Å². The van der Waals surface area contributed by atoms with Gasteiger partial charge < -0.3 is 5.11 Å². The van der Waals surface area contributed by atoms with Crippen LogP contribution in [0.3, 0.4) is 0 Å². The molecule has 0 amide bonds. The number of rotatable bonds is 9. The van der Waals surface area contributed by atoms with Crippen molar-refractivity contribution in [3.05, 3.63) is 0 Å². The monoisotopic (exact) mass is 392 g/mol. The molecule has 2 aliphatic carbocycles. The quantitative estimate of drug-likeness (QED) is 0.424. The molecule has 2 saturated carbocycles. The molecule has 0 aromatic carbocycles. The summed E-state index contributed by atoms with van der Waals surface area (Å²) in [4.78, 5) is 0. The number of aliphatic hydroxyl groups excluding tert-OH is 1. The van der Waals surface area contributed by atoms with Crippen LogP contribution >= 0.6 is 0 Å². The first kappa shape index (κ1) is 24.2. The minimum Gasteiger partial charge on any atom is -0.396 e. The standard InChI is InChI=1S/C27H52O/c1-18(2)24-12-10-20(5)15-26(24)22(7)17-23(9-8-14-28)27-16-21(6)11-13-25(27)19(3)4/h18-28H,8-17H2,1-7H3. The molecule has 2 rings (SSSR count). The van der Waals surface area contributed by atoms with Gasteiger partial charge >= 0.3 is 0 Å². The highest BCUT2D eigenvalue weighted by molar-refractivity contribution is 4.89. The van der Waals surface area contributed by atoms with Crippen LogP contribution in [-0.4, -0.2) is 11.7 Å². The smallest absolute Gasteiger partial charge is 0.0431 e. The summed E-state index contributed by atoms with van der Waals surface area (Å²) >= 11 is 0. The van der Waals surface area contributed by atoms with Crippen molar-refractivity contribution in [2.24, 2.45) is 59.2 Å². The Morgan fingerprint density at radius 2 is 1.21 bits per heavy atom. The largest absolute Gasteiger partial charge is 0.396 e. The van der Waals surface area contributed by atoms with E-state index in [0.717, 1.165) is 65.6 Å². The van der Waals surface area contributed by atoms with E-state index in [9.17, 15) is 5.11 Å². The highest BCUT2D eigenvalue weighted by Gasteiger charge is 2.39. The predicted octanol–water partition coefficient (Wildman–Crippen LogP) is 7.82. The Kier molecular flexibility index (Phi) is 9.85. The van der Waals surface area contributed by atoms with Crippen molar-refractivity contribution in [3.63, 3.8) is 0 Å². The lowest BCUT2D eigenvalue weighted by molar-refractivity contribution is 0.0426. The second-order valence-electron chi connectivity index (χ2n) is 11.8. The zero-order valence-electron chi connectivity index (χ0n) is 20.3. The summed E-state index contributed by atoms with van der Waals surface area (Å²) in [5.41, 5.74) is 0. The molecular formula is C27H52O. The minimum atomic E-state index is 0.370. The third kappa shape index (κ3) is 6.48. The topological polar surface area (TPSA) is 20.2 Å². The van der Waals surface area contributed by atoms with E-state index in [0.29, 0.717) is 6.61 Å². The van der Waals surface area contributed by atoms with E-state index < -0.39 is 0 Å². The summed E-state index contributed by atoms with van der Waals surface area (Å²) < 4.78 is 0. The Morgan fingerprint density at radius 3 is 1.71 bits per heavy atom. The van der Waals surface area contributed by atoms with E-state index in [4.69, 9.17) is 0 Å². The molecule has 166 valence electrons. The van der Waals surface area contributed by atoms with Gasteiger partial charge in [-0.2, -0.15) is 0 Å². The molecular weight excluding hydrogens is 340 g/mol. The zero-order chi connectivity index (χ0) is 20.8. The fourth-order valence-corrected chi connectivity index (χ4v) is 7.26. The summed E-state index contributed by atoms with van der Waals surface area (Å²) in [5, 5.41) is 9.57. The molecule has 0 saturated heterocycles. The van der Waals surface area contributed by atoms with Gasteiger partial charge in [-0.3, -0.25) is 0 Å². The van der Waals surface area contributed by atoms with Gasteiger partial charge in [0.2, 0.25) is 0 Å². The number of hydrogen-bond donors (Lipinski definition) is 1. The fraction of sp³-hybridized carbons (Fsp3) is 1.00. The Bertz CT molecular complexity index is 428. The van der Waals surface area contributed by atoms with Crippen LogP contribution in [0.2, 0.25) is 0 Å². The first-order valence-corrected chi connectivity index (χ1v) is 12.8. The van der Waals surface area contributed by atoms with Gasteiger partial charge in [-0.15, -0.1) is 0 Å². The van der Waals surface area contributed by atoms with Crippen molar-refractivity contribution < 1.29 is 5.11 Å². The molecule has 0 spiro atoms. The minimum absolute atomic E-state index is 0.370. The Hall–Kier alpha value is -0.0400. The van der Waals surface area contributed by atoms with Crippen molar-refractivity contribution >= 4 is 0 Å². The van der Waals surface area contributed by atoms with E-state index in [-0.39, 0.29) is 0 Å². The van der Waals surface area contributed by atoms with Crippen LogP contribution in [0.25, 0.3) is 0 Å². The SMILES string of the molecule is CC1CCC(C(C)C)C(C(C)CC(CCCO)C2CC(C)CCC2C(C)C)C1. The molecule has 8 atom stereocenters. The zero-order valence-corrected chi connectivity index (χ0v) is 20.3. The van der Waals surface area contributed by atoms with Gasteiger partial charge in [0.05, 0.1) is 0 Å². The molecule has 0 radical (unpaired) electrons. The molecule has 8 unspecified atom stereocenters. The molecule has 0 heterocycles. The van der Waals surface area contributed by atoms with E-state index >= 15 is 0 Å². The molecule has 1 heteroatoms. The van der Waals surface area contributed by atoms with Crippen LogP contribution in [0.4, 0.5) is 0 Å². The highest BCUT2D eigenvalue weighted by atomic mass is 16.2. The van der Waals surface area contributed by atoms with Crippen LogP contribution < -0.4 is 0 Å². The van der Waals surface area contributed by atoms with Crippen molar-refractivity contribution in [1.82, 2.24) is 0 Å². The third-order valence-corrected chi connectivity index (χ3v) is 8.89. The second-order valence-corrected chi connectivity index (χ2v) is 11.8. The molecule has 2 fully saturated rings. The third-order valence-electron chi connectivity index (χ3n) is 8.89. The molecule has 0 aromatic heterocycles. The number of hydrogen-bond acceptors (Lipinski definition) is 1. The van der Waals surface area contributed by atoms with Gasteiger partial charge in [0.15, 0.2) is 0 Å². The molecule has 1 nitrogen and oxygen atoms in total.